The van der Waals surface area contributed by atoms with Crippen LogP contribution in [-0.2, 0) is 22.7 Å². The van der Waals surface area contributed by atoms with E-state index in [0.29, 0.717) is 24.4 Å². The van der Waals surface area contributed by atoms with Gasteiger partial charge in [-0.05, 0) is 48.8 Å². The molecule has 154 valence electrons. The van der Waals surface area contributed by atoms with Crippen LogP contribution >= 0.6 is 0 Å². The lowest BCUT2D eigenvalue weighted by atomic mass is 9.73. The lowest BCUT2D eigenvalue weighted by Crippen LogP contribution is -2.58. The van der Waals surface area contributed by atoms with Gasteiger partial charge in [-0.25, -0.2) is 0 Å². The largest absolute Gasteiger partial charge is 0.324 e. The molecule has 1 aromatic rings. The van der Waals surface area contributed by atoms with Crippen molar-refractivity contribution in [2.24, 2.45) is 11.7 Å². The molecule has 3 amide bonds. The number of nitrogens with zero attached hydrogens (tertiary/aromatic N) is 2. The number of amides is 3. The Morgan fingerprint density at radius 3 is 2.86 bits per heavy atom. The number of hydrogen-bond acceptors (Lipinski definition) is 5. The van der Waals surface area contributed by atoms with Crippen molar-refractivity contribution in [2.75, 3.05) is 13.1 Å². The maximum absolute atomic E-state index is 12.8. The quantitative estimate of drug-likeness (QED) is 0.748. The zero-order chi connectivity index (χ0) is 20.2. The monoisotopic (exact) mass is 396 g/mol. The average molecular weight is 396 g/mol. The Morgan fingerprint density at radius 2 is 2.07 bits per heavy atom. The molecule has 29 heavy (non-hydrogen) atoms. The third-order valence-corrected chi connectivity index (χ3v) is 7.03. The van der Waals surface area contributed by atoms with Crippen LogP contribution < -0.4 is 11.1 Å². The molecule has 7 heteroatoms. The summed E-state index contributed by atoms with van der Waals surface area (Å²) in [6.07, 6.45) is 5.44. The van der Waals surface area contributed by atoms with Crippen molar-refractivity contribution >= 4 is 17.7 Å². The number of piperidine rings is 2. The molecule has 3 atom stereocenters. The molecule has 3 aliphatic heterocycles. The number of likely N-dealkylation sites (tertiary alicyclic amines) is 1. The van der Waals surface area contributed by atoms with E-state index in [0.717, 1.165) is 38.0 Å². The number of rotatable bonds is 3. The number of nitrogens with one attached hydrogen (secondary N) is 1. The maximum atomic E-state index is 12.8. The summed E-state index contributed by atoms with van der Waals surface area (Å²) in [6.45, 7) is 3.30. The molecule has 3 N–H and O–H groups in total. The van der Waals surface area contributed by atoms with Crippen LogP contribution in [0.15, 0.2) is 18.2 Å². The fraction of sp³-hybridized carbons (Fsp3) is 0.591. The van der Waals surface area contributed by atoms with Crippen LogP contribution in [0.1, 0.15) is 60.0 Å². The first-order chi connectivity index (χ1) is 13.9. The molecule has 0 spiro atoms. The van der Waals surface area contributed by atoms with E-state index in [1.165, 1.54) is 18.4 Å². The predicted octanol–water partition coefficient (Wildman–Crippen LogP) is 1.15. The molecule has 5 rings (SSSR count). The minimum absolute atomic E-state index is 0.0452. The van der Waals surface area contributed by atoms with Gasteiger partial charge in [-0.3, -0.25) is 24.6 Å². The molecule has 4 aliphatic rings. The molecule has 1 aromatic carbocycles. The van der Waals surface area contributed by atoms with Crippen LogP contribution in [0.4, 0.5) is 0 Å². The van der Waals surface area contributed by atoms with Gasteiger partial charge in [0.05, 0.1) is 0 Å². The van der Waals surface area contributed by atoms with Crippen LogP contribution in [0, 0.1) is 5.92 Å². The summed E-state index contributed by atoms with van der Waals surface area (Å²) >= 11 is 0. The van der Waals surface area contributed by atoms with E-state index in [1.807, 2.05) is 12.1 Å². The smallest absolute Gasteiger partial charge is 0.255 e. The lowest BCUT2D eigenvalue weighted by molar-refractivity contribution is -0.136. The minimum Gasteiger partial charge on any atom is -0.324 e. The molecular weight excluding hydrogens is 368 g/mol. The van der Waals surface area contributed by atoms with Crippen LogP contribution in [0.5, 0.6) is 0 Å². The highest BCUT2D eigenvalue weighted by atomic mass is 16.2. The zero-order valence-corrected chi connectivity index (χ0v) is 16.7. The summed E-state index contributed by atoms with van der Waals surface area (Å²) < 4.78 is 0. The predicted molar refractivity (Wildman–Crippen MR) is 107 cm³/mol. The maximum Gasteiger partial charge on any atom is 0.255 e. The number of benzene rings is 1. The molecule has 3 fully saturated rings. The second kappa shape index (κ2) is 6.92. The highest BCUT2D eigenvalue weighted by Crippen LogP contribution is 2.37. The second-order valence-electron chi connectivity index (χ2n) is 9.39. The molecule has 2 saturated heterocycles. The van der Waals surface area contributed by atoms with Gasteiger partial charge in [0.15, 0.2) is 0 Å². The summed E-state index contributed by atoms with van der Waals surface area (Å²) in [5.74, 6) is -0.0478. The second-order valence-corrected chi connectivity index (χ2v) is 9.39. The summed E-state index contributed by atoms with van der Waals surface area (Å²) in [5, 5.41) is 2.35. The highest BCUT2D eigenvalue weighted by molar-refractivity contribution is 6.05. The van der Waals surface area contributed by atoms with E-state index >= 15 is 0 Å². The molecule has 0 aromatic heterocycles. The number of carbonyl (C=O) groups is 3. The third kappa shape index (κ3) is 3.46. The Hall–Kier alpha value is -2.25. The average Bonchev–Trinajstić information content (AvgIpc) is 2.96. The Balaban J connectivity index is 1.30. The van der Waals surface area contributed by atoms with Gasteiger partial charge in [-0.15, -0.1) is 0 Å². The summed E-state index contributed by atoms with van der Waals surface area (Å²) in [4.78, 5) is 40.5. The fourth-order valence-electron chi connectivity index (χ4n) is 5.80. The molecule has 0 radical (unpaired) electrons. The highest BCUT2D eigenvalue weighted by Gasteiger charge is 2.41. The number of nitrogens with two attached hydrogens (primary N) is 1. The van der Waals surface area contributed by atoms with Crippen molar-refractivity contribution in [1.82, 2.24) is 15.1 Å². The number of carbonyl (C=O) groups excluding carboxylic acids is 3. The molecule has 3 heterocycles. The van der Waals surface area contributed by atoms with Gasteiger partial charge in [-0.2, -0.15) is 0 Å². The van der Waals surface area contributed by atoms with E-state index < -0.39 is 6.04 Å². The summed E-state index contributed by atoms with van der Waals surface area (Å²) in [6, 6.07) is 5.46. The third-order valence-electron chi connectivity index (χ3n) is 7.03. The first kappa shape index (κ1) is 18.8. The van der Waals surface area contributed by atoms with Gasteiger partial charge in [0.25, 0.3) is 5.91 Å². The molecule has 1 saturated carbocycles. The van der Waals surface area contributed by atoms with Gasteiger partial charge < -0.3 is 10.6 Å². The van der Waals surface area contributed by atoms with Crippen LogP contribution in [0.25, 0.3) is 0 Å². The van der Waals surface area contributed by atoms with Crippen molar-refractivity contribution in [3.05, 3.63) is 34.9 Å². The molecule has 2 bridgehead atoms. The van der Waals surface area contributed by atoms with E-state index in [1.54, 1.807) is 4.90 Å². The van der Waals surface area contributed by atoms with Crippen molar-refractivity contribution in [3.8, 4) is 0 Å². The van der Waals surface area contributed by atoms with Crippen molar-refractivity contribution < 1.29 is 14.4 Å². The molecule has 7 nitrogen and oxygen atoms in total. The van der Waals surface area contributed by atoms with E-state index in [9.17, 15) is 14.4 Å². The van der Waals surface area contributed by atoms with Gasteiger partial charge in [-0.1, -0.05) is 18.6 Å². The zero-order valence-electron chi connectivity index (χ0n) is 16.7. The molecule has 3 unspecified atom stereocenters. The van der Waals surface area contributed by atoms with Crippen LogP contribution in [0.3, 0.4) is 0 Å². The SMILES string of the molecule is NC12CCCC(CN(Cc3ccc4c(c3)CN(C3CCC(=O)NC3=O)C4=O)C1)C2. The Morgan fingerprint density at radius 1 is 1.21 bits per heavy atom. The normalized spacial score (nSPS) is 32.3. The van der Waals surface area contributed by atoms with Gasteiger partial charge in [0.1, 0.15) is 6.04 Å². The molecule has 1 aliphatic carbocycles. The first-order valence-electron chi connectivity index (χ1n) is 10.7. The Labute approximate surface area is 170 Å². The first-order valence-corrected chi connectivity index (χ1v) is 10.7. The lowest BCUT2D eigenvalue weighted by Gasteiger charge is -2.48. The van der Waals surface area contributed by atoms with Gasteiger partial charge in [0.2, 0.25) is 11.8 Å². The Bertz CT molecular complexity index is 885. The van der Waals surface area contributed by atoms with Crippen molar-refractivity contribution in [2.45, 2.75) is 63.2 Å². The Kier molecular flexibility index (Phi) is 4.47. The minimum atomic E-state index is -0.561. The van der Waals surface area contributed by atoms with Gasteiger partial charge in [0, 0.05) is 43.7 Å². The van der Waals surface area contributed by atoms with Crippen LogP contribution in [0.2, 0.25) is 0 Å². The summed E-state index contributed by atoms with van der Waals surface area (Å²) in [5.41, 5.74) is 9.40. The van der Waals surface area contributed by atoms with E-state index in [2.05, 4.69) is 16.3 Å². The van der Waals surface area contributed by atoms with E-state index in [4.69, 9.17) is 5.73 Å². The van der Waals surface area contributed by atoms with Crippen LogP contribution in [-0.4, -0.2) is 52.2 Å². The van der Waals surface area contributed by atoms with Gasteiger partial charge >= 0.3 is 0 Å². The number of imide groups is 1. The molecular formula is C22H28N4O3. The summed E-state index contributed by atoms with van der Waals surface area (Å²) in [7, 11) is 0. The number of hydrogen-bond donors (Lipinski definition) is 2. The van der Waals surface area contributed by atoms with Crippen molar-refractivity contribution in [1.29, 1.82) is 0 Å². The fourth-order valence-corrected chi connectivity index (χ4v) is 5.80. The topological polar surface area (TPSA) is 95.7 Å². The van der Waals surface area contributed by atoms with Crippen molar-refractivity contribution in [3.63, 3.8) is 0 Å². The van der Waals surface area contributed by atoms with E-state index in [-0.39, 0.29) is 29.7 Å². The standard InChI is InChI=1S/C22H28N4O3/c23-22-7-1-2-15(9-22)11-25(13-22)10-14-3-4-17-16(8-14)12-26(21(17)29)18-5-6-19(27)24-20(18)28/h3-4,8,15,18H,1-2,5-7,9-13,23H2,(H,24,27,28). The number of fused-ring (bicyclic) bond motifs is 3.